The van der Waals surface area contributed by atoms with Gasteiger partial charge >= 0.3 is 6.03 Å². The van der Waals surface area contributed by atoms with Crippen LogP contribution in [0, 0.1) is 0 Å². The van der Waals surface area contributed by atoms with Crippen molar-refractivity contribution in [1.29, 1.82) is 0 Å². The van der Waals surface area contributed by atoms with Gasteiger partial charge in [-0.3, -0.25) is 4.79 Å². The maximum Gasteiger partial charge on any atom is 0.318 e. The smallest absolute Gasteiger partial charge is 0.318 e. The van der Waals surface area contributed by atoms with Gasteiger partial charge < -0.3 is 20.5 Å². The zero-order valence-electron chi connectivity index (χ0n) is 15.7. The highest BCUT2D eigenvalue weighted by atomic mass is 16.2. The number of aromatic nitrogens is 1. The lowest BCUT2D eigenvalue weighted by molar-refractivity contribution is -0.118. The summed E-state index contributed by atoms with van der Waals surface area (Å²) in [6, 6.07) is 16.6. The molecule has 2 heterocycles. The summed E-state index contributed by atoms with van der Waals surface area (Å²) < 4.78 is 0. The first kappa shape index (κ1) is 18.1. The molecule has 1 aliphatic heterocycles. The normalized spacial score (nSPS) is 14.8. The van der Waals surface area contributed by atoms with Crippen LogP contribution in [0.5, 0.6) is 0 Å². The number of nitrogens with zero attached hydrogens (tertiary/aromatic N) is 1. The third-order valence-corrected chi connectivity index (χ3v) is 5.11. The van der Waals surface area contributed by atoms with Crippen molar-refractivity contribution in [3.8, 4) is 0 Å². The molecule has 0 radical (unpaired) electrons. The third-order valence-electron chi connectivity index (χ3n) is 5.11. The Kier molecular flexibility index (Phi) is 5.28. The molecule has 6 heteroatoms. The minimum Gasteiger partial charge on any atom is -0.361 e. The van der Waals surface area contributed by atoms with Crippen molar-refractivity contribution in [2.24, 2.45) is 0 Å². The Morgan fingerprint density at radius 3 is 2.61 bits per heavy atom. The molecule has 0 bridgehead atoms. The van der Waals surface area contributed by atoms with E-state index in [-0.39, 0.29) is 11.9 Å². The molecule has 6 nitrogen and oxygen atoms in total. The standard InChI is InChI=1S/C22H24N4O2/c27-21(24-18-9-8-17-10-11-23-19(17)15-18)20(14-16-6-2-1-3-7-16)25-22(28)26-12-4-5-13-26/h1-3,6-11,15,20,23H,4-5,12-14H2,(H,24,27)(H,25,28)/t20-/m0/s1. The second-order valence-electron chi connectivity index (χ2n) is 7.15. The van der Waals surface area contributed by atoms with Gasteiger partial charge in [0.05, 0.1) is 0 Å². The van der Waals surface area contributed by atoms with Crippen LogP contribution in [-0.2, 0) is 11.2 Å². The fourth-order valence-electron chi connectivity index (χ4n) is 3.57. The van der Waals surface area contributed by atoms with E-state index >= 15 is 0 Å². The first-order valence-electron chi connectivity index (χ1n) is 9.66. The maximum absolute atomic E-state index is 13.0. The van der Waals surface area contributed by atoms with E-state index in [0.29, 0.717) is 12.1 Å². The van der Waals surface area contributed by atoms with Gasteiger partial charge in [-0.15, -0.1) is 0 Å². The van der Waals surface area contributed by atoms with Crippen LogP contribution in [-0.4, -0.2) is 41.0 Å². The van der Waals surface area contributed by atoms with Crippen LogP contribution < -0.4 is 10.6 Å². The summed E-state index contributed by atoms with van der Waals surface area (Å²) >= 11 is 0. The van der Waals surface area contributed by atoms with Gasteiger partial charge in [-0.1, -0.05) is 36.4 Å². The quantitative estimate of drug-likeness (QED) is 0.637. The highest BCUT2D eigenvalue weighted by Gasteiger charge is 2.25. The van der Waals surface area contributed by atoms with Gasteiger partial charge in [-0.2, -0.15) is 0 Å². The van der Waals surface area contributed by atoms with Crippen molar-refractivity contribution in [3.63, 3.8) is 0 Å². The van der Waals surface area contributed by atoms with Crippen LogP contribution in [0.4, 0.5) is 10.5 Å². The number of fused-ring (bicyclic) bond motifs is 1. The van der Waals surface area contributed by atoms with Crippen molar-refractivity contribution >= 4 is 28.5 Å². The Morgan fingerprint density at radius 1 is 1.04 bits per heavy atom. The van der Waals surface area contributed by atoms with Crippen molar-refractivity contribution in [2.75, 3.05) is 18.4 Å². The van der Waals surface area contributed by atoms with Gasteiger partial charge in [0.25, 0.3) is 0 Å². The molecule has 3 N–H and O–H groups in total. The molecule has 3 amide bonds. The molecular formula is C22H24N4O2. The SMILES string of the molecule is O=C(Nc1ccc2cc[nH]c2c1)[C@H](Cc1ccccc1)NC(=O)N1CCCC1. The van der Waals surface area contributed by atoms with Crippen LogP contribution >= 0.6 is 0 Å². The van der Waals surface area contributed by atoms with E-state index in [2.05, 4.69) is 15.6 Å². The Bertz CT molecular complexity index is 961. The second kappa shape index (κ2) is 8.17. The first-order valence-corrected chi connectivity index (χ1v) is 9.66. The molecule has 2 aromatic carbocycles. The minimum absolute atomic E-state index is 0.173. The molecule has 1 aromatic heterocycles. The number of anilines is 1. The van der Waals surface area contributed by atoms with E-state index in [1.165, 1.54) is 0 Å². The number of benzene rings is 2. The number of urea groups is 1. The molecule has 3 aromatic rings. The van der Waals surface area contributed by atoms with Gasteiger partial charge in [-0.05, 0) is 42.0 Å². The number of carbonyl (C=O) groups is 2. The summed E-state index contributed by atoms with van der Waals surface area (Å²) in [4.78, 5) is 30.5. The van der Waals surface area contributed by atoms with Crippen molar-refractivity contribution < 1.29 is 9.59 Å². The van der Waals surface area contributed by atoms with Crippen LogP contribution in [0.1, 0.15) is 18.4 Å². The molecule has 1 saturated heterocycles. The number of amides is 3. The summed E-state index contributed by atoms with van der Waals surface area (Å²) in [6.45, 7) is 1.49. The van der Waals surface area contributed by atoms with Gasteiger partial charge in [-0.25, -0.2) is 4.79 Å². The van der Waals surface area contributed by atoms with Crippen molar-refractivity contribution in [1.82, 2.24) is 15.2 Å². The van der Waals surface area contributed by atoms with Crippen LogP contribution in [0.15, 0.2) is 60.8 Å². The molecular weight excluding hydrogens is 352 g/mol. The first-order chi connectivity index (χ1) is 13.7. The zero-order valence-corrected chi connectivity index (χ0v) is 15.7. The predicted octanol–water partition coefficient (Wildman–Crippen LogP) is 3.52. The molecule has 1 atom stereocenters. The molecule has 28 heavy (non-hydrogen) atoms. The molecule has 4 rings (SSSR count). The zero-order chi connectivity index (χ0) is 19.3. The number of hydrogen-bond donors (Lipinski definition) is 3. The Balaban J connectivity index is 1.50. The monoisotopic (exact) mass is 376 g/mol. The minimum atomic E-state index is -0.644. The van der Waals surface area contributed by atoms with Crippen LogP contribution in [0.3, 0.4) is 0 Å². The van der Waals surface area contributed by atoms with E-state index in [0.717, 1.165) is 42.4 Å². The third kappa shape index (κ3) is 4.17. The summed E-state index contributed by atoms with van der Waals surface area (Å²) in [5.41, 5.74) is 2.66. The van der Waals surface area contributed by atoms with E-state index in [1.54, 1.807) is 4.90 Å². The number of rotatable bonds is 5. The Hall–Kier alpha value is -3.28. The lowest BCUT2D eigenvalue weighted by Gasteiger charge is -2.23. The van der Waals surface area contributed by atoms with E-state index in [1.807, 2.05) is 60.8 Å². The van der Waals surface area contributed by atoms with Gasteiger partial charge in [0, 0.05) is 36.9 Å². The van der Waals surface area contributed by atoms with Crippen LogP contribution in [0.2, 0.25) is 0 Å². The highest BCUT2D eigenvalue weighted by molar-refractivity contribution is 5.98. The fourth-order valence-corrected chi connectivity index (χ4v) is 3.57. The molecule has 144 valence electrons. The van der Waals surface area contributed by atoms with Crippen molar-refractivity contribution in [3.05, 3.63) is 66.4 Å². The largest absolute Gasteiger partial charge is 0.361 e. The molecule has 0 spiro atoms. The van der Waals surface area contributed by atoms with E-state index < -0.39 is 6.04 Å². The molecule has 0 aliphatic carbocycles. The highest BCUT2D eigenvalue weighted by Crippen LogP contribution is 2.18. The topological polar surface area (TPSA) is 77.2 Å². The number of hydrogen-bond acceptors (Lipinski definition) is 2. The number of nitrogens with one attached hydrogen (secondary N) is 3. The number of aromatic amines is 1. The average Bonchev–Trinajstić information content (AvgIpc) is 3.40. The fraction of sp³-hybridized carbons (Fsp3) is 0.273. The van der Waals surface area contributed by atoms with E-state index in [4.69, 9.17) is 0 Å². The van der Waals surface area contributed by atoms with Crippen molar-refractivity contribution in [2.45, 2.75) is 25.3 Å². The average molecular weight is 376 g/mol. The molecule has 0 unspecified atom stereocenters. The van der Waals surface area contributed by atoms with Gasteiger partial charge in [0.2, 0.25) is 5.91 Å². The van der Waals surface area contributed by atoms with Gasteiger partial charge in [0.15, 0.2) is 0 Å². The Labute approximate surface area is 163 Å². The summed E-state index contributed by atoms with van der Waals surface area (Å²) in [5, 5.41) is 6.96. The lowest BCUT2D eigenvalue weighted by atomic mass is 10.1. The number of H-pyrrole nitrogens is 1. The maximum atomic E-state index is 13.0. The molecule has 0 saturated carbocycles. The molecule has 1 aliphatic rings. The summed E-state index contributed by atoms with van der Waals surface area (Å²) in [6.07, 6.45) is 4.33. The Morgan fingerprint density at radius 2 is 1.82 bits per heavy atom. The number of carbonyl (C=O) groups excluding carboxylic acids is 2. The van der Waals surface area contributed by atoms with Gasteiger partial charge in [0.1, 0.15) is 6.04 Å². The predicted molar refractivity (Wildman–Crippen MR) is 110 cm³/mol. The number of likely N-dealkylation sites (tertiary alicyclic amines) is 1. The van der Waals surface area contributed by atoms with E-state index in [9.17, 15) is 9.59 Å². The lowest BCUT2D eigenvalue weighted by Crippen LogP contribution is -2.49. The van der Waals surface area contributed by atoms with Crippen LogP contribution in [0.25, 0.3) is 10.9 Å². The summed E-state index contributed by atoms with van der Waals surface area (Å²) in [5.74, 6) is -0.220. The molecule has 1 fully saturated rings. The summed E-state index contributed by atoms with van der Waals surface area (Å²) in [7, 11) is 0. The second-order valence-corrected chi connectivity index (χ2v) is 7.15.